The molecule has 0 aromatic heterocycles. The second kappa shape index (κ2) is 4.28. The van der Waals surface area contributed by atoms with Gasteiger partial charge in [-0.25, -0.2) is 0 Å². The highest BCUT2D eigenvalue weighted by atomic mass is 15.3. The largest absolute Gasteiger partial charge is 0.329 e. The topological polar surface area (TPSA) is 32.5 Å². The summed E-state index contributed by atoms with van der Waals surface area (Å²) in [6.45, 7) is 12.6. The summed E-state index contributed by atoms with van der Waals surface area (Å²) in [6, 6.07) is 0. The SMILES string of the molecule is CC(C)(C)N1CCN(C2(CN)CCC2)CC1. The van der Waals surface area contributed by atoms with Gasteiger partial charge in [0.1, 0.15) is 0 Å². The van der Waals surface area contributed by atoms with Crippen molar-refractivity contribution < 1.29 is 0 Å². The van der Waals surface area contributed by atoms with Crippen LogP contribution in [0.1, 0.15) is 40.0 Å². The third-order valence-corrected chi connectivity index (χ3v) is 4.56. The van der Waals surface area contributed by atoms with E-state index in [1.807, 2.05) is 0 Å². The highest BCUT2D eigenvalue weighted by molar-refractivity contribution is 5.00. The third-order valence-electron chi connectivity index (χ3n) is 4.56. The second-order valence-electron chi connectivity index (χ2n) is 6.43. The highest BCUT2D eigenvalue weighted by Gasteiger charge is 2.42. The van der Waals surface area contributed by atoms with Gasteiger partial charge in [0.05, 0.1) is 0 Å². The Morgan fingerprint density at radius 2 is 1.62 bits per heavy atom. The van der Waals surface area contributed by atoms with Crippen LogP contribution in [0.2, 0.25) is 0 Å². The number of hydrogen-bond donors (Lipinski definition) is 1. The Kier molecular flexibility index (Phi) is 3.30. The van der Waals surface area contributed by atoms with E-state index in [0.29, 0.717) is 11.1 Å². The standard InChI is InChI=1S/C13H27N3/c1-12(2,3)15-7-9-16(10-8-15)13(11-14)5-4-6-13/h4-11,14H2,1-3H3. The molecule has 2 aliphatic rings. The molecular weight excluding hydrogens is 198 g/mol. The van der Waals surface area contributed by atoms with Crippen LogP contribution in [0.5, 0.6) is 0 Å². The van der Waals surface area contributed by atoms with Gasteiger partial charge in [-0.1, -0.05) is 0 Å². The van der Waals surface area contributed by atoms with E-state index in [1.165, 1.54) is 45.4 Å². The molecule has 1 saturated carbocycles. The zero-order chi connectivity index (χ0) is 11.8. The van der Waals surface area contributed by atoms with E-state index in [1.54, 1.807) is 0 Å². The van der Waals surface area contributed by atoms with Crippen LogP contribution >= 0.6 is 0 Å². The van der Waals surface area contributed by atoms with Crippen LogP contribution in [-0.4, -0.2) is 53.6 Å². The van der Waals surface area contributed by atoms with Crippen LogP contribution in [0.3, 0.4) is 0 Å². The Labute approximate surface area is 100.0 Å². The Balaban J connectivity index is 1.90. The van der Waals surface area contributed by atoms with Gasteiger partial charge in [0, 0.05) is 43.8 Å². The van der Waals surface area contributed by atoms with Crippen molar-refractivity contribution in [2.24, 2.45) is 5.73 Å². The molecular formula is C13H27N3. The lowest BCUT2D eigenvalue weighted by atomic mass is 9.75. The van der Waals surface area contributed by atoms with Crippen molar-refractivity contribution in [1.82, 2.24) is 9.80 Å². The summed E-state index contributed by atoms with van der Waals surface area (Å²) in [6.07, 6.45) is 4.01. The van der Waals surface area contributed by atoms with Gasteiger partial charge in [-0.2, -0.15) is 0 Å². The molecule has 0 unspecified atom stereocenters. The van der Waals surface area contributed by atoms with E-state index in [2.05, 4.69) is 30.6 Å². The van der Waals surface area contributed by atoms with Crippen molar-refractivity contribution in [2.45, 2.75) is 51.1 Å². The van der Waals surface area contributed by atoms with Gasteiger partial charge in [0.15, 0.2) is 0 Å². The molecule has 0 amide bonds. The molecule has 0 aromatic rings. The van der Waals surface area contributed by atoms with Crippen LogP contribution in [0.4, 0.5) is 0 Å². The zero-order valence-electron chi connectivity index (χ0n) is 11.1. The Hall–Kier alpha value is -0.120. The summed E-state index contributed by atoms with van der Waals surface area (Å²) in [7, 11) is 0. The maximum atomic E-state index is 5.96. The summed E-state index contributed by atoms with van der Waals surface area (Å²) in [5.41, 5.74) is 6.66. The molecule has 2 fully saturated rings. The molecule has 94 valence electrons. The number of piperazine rings is 1. The van der Waals surface area contributed by atoms with Crippen molar-refractivity contribution in [3.8, 4) is 0 Å². The Morgan fingerprint density at radius 1 is 1.06 bits per heavy atom. The molecule has 1 aliphatic heterocycles. The summed E-state index contributed by atoms with van der Waals surface area (Å²) >= 11 is 0. The molecule has 0 atom stereocenters. The number of nitrogens with two attached hydrogens (primary N) is 1. The van der Waals surface area contributed by atoms with E-state index >= 15 is 0 Å². The molecule has 1 aliphatic carbocycles. The quantitative estimate of drug-likeness (QED) is 0.768. The number of rotatable bonds is 2. The van der Waals surface area contributed by atoms with Gasteiger partial charge in [0.2, 0.25) is 0 Å². The summed E-state index contributed by atoms with van der Waals surface area (Å²) < 4.78 is 0. The van der Waals surface area contributed by atoms with Crippen LogP contribution < -0.4 is 5.73 Å². The van der Waals surface area contributed by atoms with E-state index < -0.39 is 0 Å². The van der Waals surface area contributed by atoms with Gasteiger partial charge in [-0.15, -0.1) is 0 Å². The first-order chi connectivity index (χ1) is 7.48. The minimum absolute atomic E-state index is 0.321. The molecule has 16 heavy (non-hydrogen) atoms. The molecule has 2 N–H and O–H groups in total. The third kappa shape index (κ3) is 2.13. The van der Waals surface area contributed by atoms with Crippen molar-refractivity contribution in [1.29, 1.82) is 0 Å². The maximum Gasteiger partial charge on any atom is 0.0332 e. The summed E-state index contributed by atoms with van der Waals surface area (Å²) in [4.78, 5) is 5.24. The normalized spacial score (nSPS) is 27.8. The van der Waals surface area contributed by atoms with Crippen LogP contribution in [-0.2, 0) is 0 Å². The fourth-order valence-electron chi connectivity index (χ4n) is 3.09. The van der Waals surface area contributed by atoms with Gasteiger partial charge < -0.3 is 5.73 Å². The van der Waals surface area contributed by atoms with Gasteiger partial charge in [0.25, 0.3) is 0 Å². The average molecular weight is 225 g/mol. The fourth-order valence-corrected chi connectivity index (χ4v) is 3.09. The summed E-state index contributed by atoms with van der Waals surface area (Å²) in [5.74, 6) is 0. The maximum absolute atomic E-state index is 5.96. The first-order valence-corrected chi connectivity index (χ1v) is 6.68. The molecule has 1 heterocycles. The molecule has 3 heteroatoms. The lowest BCUT2D eigenvalue weighted by molar-refractivity contribution is -0.0316. The van der Waals surface area contributed by atoms with Crippen molar-refractivity contribution in [3.63, 3.8) is 0 Å². The lowest BCUT2D eigenvalue weighted by Gasteiger charge is -2.54. The molecule has 2 rings (SSSR count). The van der Waals surface area contributed by atoms with Gasteiger partial charge in [-0.3, -0.25) is 9.80 Å². The van der Waals surface area contributed by atoms with Gasteiger partial charge >= 0.3 is 0 Å². The van der Waals surface area contributed by atoms with Crippen molar-refractivity contribution >= 4 is 0 Å². The lowest BCUT2D eigenvalue weighted by Crippen LogP contribution is -2.64. The smallest absolute Gasteiger partial charge is 0.0332 e. The van der Waals surface area contributed by atoms with Gasteiger partial charge in [-0.05, 0) is 40.0 Å². The van der Waals surface area contributed by atoms with E-state index in [0.717, 1.165) is 6.54 Å². The Morgan fingerprint density at radius 3 is 1.94 bits per heavy atom. The Bertz CT molecular complexity index is 227. The van der Waals surface area contributed by atoms with Crippen molar-refractivity contribution in [2.75, 3.05) is 32.7 Å². The molecule has 0 radical (unpaired) electrons. The summed E-state index contributed by atoms with van der Waals surface area (Å²) in [5, 5.41) is 0. The fraction of sp³-hybridized carbons (Fsp3) is 1.00. The van der Waals surface area contributed by atoms with Crippen LogP contribution in [0.25, 0.3) is 0 Å². The predicted molar refractivity (Wildman–Crippen MR) is 68.5 cm³/mol. The van der Waals surface area contributed by atoms with Crippen LogP contribution in [0, 0.1) is 0 Å². The first-order valence-electron chi connectivity index (χ1n) is 6.68. The van der Waals surface area contributed by atoms with Crippen LogP contribution in [0.15, 0.2) is 0 Å². The monoisotopic (exact) mass is 225 g/mol. The molecule has 0 aromatic carbocycles. The minimum Gasteiger partial charge on any atom is -0.329 e. The zero-order valence-corrected chi connectivity index (χ0v) is 11.1. The molecule has 3 nitrogen and oxygen atoms in total. The molecule has 1 saturated heterocycles. The average Bonchev–Trinajstić information content (AvgIpc) is 2.16. The second-order valence-corrected chi connectivity index (χ2v) is 6.43. The van der Waals surface area contributed by atoms with E-state index in [-0.39, 0.29) is 0 Å². The number of hydrogen-bond acceptors (Lipinski definition) is 3. The van der Waals surface area contributed by atoms with E-state index in [9.17, 15) is 0 Å². The first kappa shape index (κ1) is 12.3. The minimum atomic E-state index is 0.321. The van der Waals surface area contributed by atoms with E-state index in [4.69, 9.17) is 5.73 Å². The predicted octanol–water partition coefficient (Wildman–Crippen LogP) is 1.28. The highest BCUT2D eigenvalue weighted by Crippen LogP contribution is 2.37. The van der Waals surface area contributed by atoms with Crippen molar-refractivity contribution in [3.05, 3.63) is 0 Å². The number of nitrogens with zero attached hydrogens (tertiary/aromatic N) is 2. The molecule has 0 spiro atoms. The molecule has 0 bridgehead atoms.